The third kappa shape index (κ3) is 3.03. The molecule has 0 saturated carbocycles. The van der Waals surface area contributed by atoms with E-state index < -0.39 is 10.2 Å². The van der Waals surface area contributed by atoms with E-state index in [1.54, 1.807) is 13.2 Å². The molecule has 0 radical (unpaired) electrons. The quantitative estimate of drug-likeness (QED) is 0.789. The van der Waals surface area contributed by atoms with Crippen molar-refractivity contribution in [2.75, 3.05) is 7.05 Å². The molecule has 2 N–H and O–H groups in total. The molecule has 0 fully saturated rings. The molecule has 0 aliphatic heterocycles. The van der Waals surface area contributed by atoms with Crippen molar-refractivity contribution in [3.63, 3.8) is 0 Å². The van der Waals surface area contributed by atoms with E-state index in [4.69, 9.17) is 0 Å². The topological polar surface area (TPSA) is 78.1 Å². The normalized spacial score (nSPS) is 12.6. The Labute approximate surface area is 96.2 Å². The predicted molar refractivity (Wildman–Crippen MR) is 62.0 cm³/mol. The summed E-state index contributed by atoms with van der Waals surface area (Å²) in [7, 11) is -1.86. The second-order valence-electron chi connectivity index (χ2n) is 3.96. The zero-order valence-electron chi connectivity index (χ0n) is 9.98. The number of nitrogens with zero attached hydrogens (tertiary/aromatic N) is 2. The van der Waals surface area contributed by atoms with Crippen LogP contribution in [0.2, 0.25) is 0 Å². The lowest BCUT2D eigenvalue weighted by molar-refractivity contribution is 0.402. The molecule has 0 aliphatic carbocycles. The maximum absolute atomic E-state index is 11.8. The van der Waals surface area contributed by atoms with Gasteiger partial charge >= 0.3 is 0 Å². The van der Waals surface area contributed by atoms with E-state index in [1.165, 1.54) is 4.31 Å². The van der Waals surface area contributed by atoms with Crippen LogP contribution in [-0.4, -0.2) is 36.0 Å². The summed E-state index contributed by atoms with van der Waals surface area (Å²) in [5.74, 6) is 0. The van der Waals surface area contributed by atoms with Crippen LogP contribution in [0.3, 0.4) is 0 Å². The first-order valence-corrected chi connectivity index (χ1v) is 6.50. The van der Waals surface area contributed by atoms with Gasteiger partial charge in [0, 0.05) is 30.9 Å². The van der Waals surface area contributed by atoms with Gasteiger partial charge in [-0.3, -0.25) is 5.10 Å². The molecule has 1 aromatic heterocycles. The van der Waals surface area contributed by atoms with Crippen molar-refractivity contribution in [3.8, 4) is 0 Å². The number of aromatic nitrogens is 2. The fourth-order valence-electron chi connectivity index (χ4n) is 1.10. The Morgan fingerprint density at radius 3 is 2.62 bits per heavy atom. The van der Waals surface area contributed by atoms with Crippen LogP contribution >= 0.6 is 0 Å². The fourth-order valence-corrected chi connectivity index (χ4v) is 2.20. The summed E-state index contributed by atoms with van der Waals surface area (Å²) in [5.41, 5.74) is 1.72. The van der Waals surface area contributed by atoms with Gasteiger partial charge in [0.05, 0.1) is 6.20 Å². The molecule has 0 spiro atoms. The summed E-state index contributed by atoms with van der Waals surface area (Å²) < 4.78 is 27.3. The summed E-state index contributed by atoms with van der Waals surface area (Å²) in [4.78, 5) is 0. The first kappa shape index (κ1) is 13.1. The molecule has 92 valence electrons. The smallest absolute Gasteiger partial charge is 0.279 e. The largest absolute Gasteiger partial charge is 0.283 e. The summed E-state index contributed by atoms with van der Waals surface area (Å²) in [5, 5.41) is 6.59. The van der Waals surface area contributed by atoms with Gasteiger partial charge in [0.2, 0.25) is 0 Å². The second kappa shape index (κ2) is 4.94. The predicted octanol–water partition coefficient (Wildman–Crippen LogP) is 0.393. The van der Waals surface area contributed by atoms with Gasteiger partial charge in [-0.05, 0) is 20.8 Å². The molecule has 0 amide bonds. The Balaban J connectivity index is 2.65. The van der Waals surface area contributed by atoms with Crippen molar-refractivity contribution in [2.24, 2.45) is 0 Å². The number of H-pyrrole nitrogens is 1. The van der Waals surface area contributed by atoms with Crippen LogP contribution in [0.5, 0.6) is 0 Å². The number of rotatable bonds is 5. The molecule has 0 unspecified atom stereocenters. The van der Waals surface area contributed by atoms with E-state index in [9.17, 15) is 8.42 Å². The van der Waals surface area contributed by atoms with E-state index in [0.717, 1.165) is 11.3 Å². The third-order valence-corrected chi connectivity index (χ3v) is 4.17. The van der Waals surface area contributed by atoms with Gasteiger partial charge < -0.3 is 0 Å². The SMILES string of the molecule is Cc1[nH]ncc1CNS(=O)(=O)N(C)C(C)C. The van der Waals surface area contributed by atoms with Crippen molar-refractivity contribution in [2.45, 2.75) is 33.4 Å². The van der Waals surface area contributed by atoms with Gasteiger partial charge in [0.15, 0.2) is 0 Å². The number of hydrogen-bond acceptors (Lipinski definition) is 3. The molecule has 1 heterocycles. The third-order valence-electron chi connectivity index (χ3n) is 2.49. The molecule has 0 aromatic carbocycles. The first-order valence-electron chi connectivity index (χ1n) is 5.06. The zero-order chi connectivity index (χ0) is 12.3. The van der Waals surface area contributed by atoms with Gasteiger partial charge in [-0.25, -0.2) is 0 Å². The minimum Gasteiger partial charge on any atom is -0.283 e. The number of nitrogens with one attached hydrogen (secondary N) is 2. The molecule has 16 heavy (non-hydrogen) atoms. The first-order chi connectivity index (χ1) is 7.34. The van der Waals surface area contributed by atoms with Gasteiger partial charge in [0.25, 0.3) is 10.2 Å². The summed E-state index contributed by atoms with van der Waals surface area (Å²) in [6.45, 7) is 5.75. The van der Waals surface area contributed by atoms with E-state index in [1.807, 2.05) is 20.8 Å². The standard InChI is InChI=1S/C9H18N4O2S/c1-7(2)13(4)16(14,15)11-6-9-5-10-12-8(9)3/h5,7,11H,6H2,1-4H3,(H,10,12). The molecule has 0 bridgehead atoms. The number of aromatic amines is 1. The van der Waals surface area contributed by atoms with Crippen molar-refractivity contribution in [3.05, 3.63) is 17.5 Å². The minimum atomic E-state index is -3.41. The molecule has 7 heteroatoms. The average molecular weight is 246 g/mol. The molecule has 0 aliphatic rings. The van der Waals surface area contributed by atoms with E-state index in [2.05, 4.69) is 14.9 Å². The van der Waals surface area contributed by atoms with Crippen molar-refractivity contribution in [1.82, 2.24) is 19.2 Å². The average Bonchev–Trinajstić information content (AvgIpc) is 2.60. The molecule has 1 rings (SSSR count). The van der Waals surface area contributed by atoms with Crippen LogP contribution in [0.1, 0.15) is 25.1 Å². The molecular formula is C9H18N4O2S. The van der Waals surface area contributed by atoms with Crippen LogP contribution in [0, 0.1) is 6.92 Å². The molecule has 0 saturated heterocycles. The van der Waals surface area contributed by atoms with Crippen LogP contribution < -0.4 is 4.72 Å². The van der Waals surface area contributed by atoms with Gasteiger partial charge in [-0.2, -0.15) is 22.5 Å². The monoisotopic (exact) mass is 246 g/mol. The Morgan fingerprint density at radius 1 is 1.56 bits per heavy atom. The van der Waals surface area contributed by atoms with Crippen molar-refractivity contribution < 1.29 is 8.42 Å². The highest BCUT2D eigenvalue weighted by molar-refractivity contribution is 7.87. The molecule has 0 atom stereocenters. The zero-order valence-corrected chi connectivity index (χ0v) is 10.8. The lowest BCUT2D eigenvalue weighted by atomic mass is 10.3. The van der Waals surface area contributed by atoms with Crippen LogP contribution in [0.25, 0.3) is 0 Å². The molecular weight excluding hydrogens is 228 g/mol. The number of aryl methyl sites for hydroxylation is 1. The van der Waals surface area contributed by atoms with Gasteiger partial charge in [0.1, 0.15) is 0 Å². The second-order valence-corrected chi connectivity index (χ2v) is 5.77. The fraction of sp³-hybridized carbons (Fsp3) is 0.667. The van der Waals surface area contributed by atoms with E-state index >= 15 is 0 Å². The lowest BCUT2D eigenvalue weighted by Gasteiger charge is -2.21. The highest BCUT2D eigenvalue weighted by Gasteiger charge is 2.20. The van der Waals surface area contributed by atoms with Crippen LogP contribution in [-0.2, 0) is 16.8 Å². The highest BCUT2D eigenvalue weighted by Crippen LogP contribution is 2.05. The van der Waals surface area contributed by atoms with Crippen molar-refractivity contribution in [1.29, 1.82) is 0 Å². The Hall–Kier alpha value is -0.920. The Kier molecular flexibility index (Phi) is 4.06. The maximum atomic E-state index is 11.8. The van der Waals surface area contributed by atoms with Gasteiger partial charge in [-0.1, -0.05) is 0 Å². The van der Waals surface area contributed by atoms with Crippen molar-refractivity contribution >= 4 is 10.2 Å². The minimum absolute atomic E-state index is 0.0667. The van der Waals surface area contributed by atoms with Crippen LogP contribution in [0.4, 0.5) is 0 Å². The molecule has 1 aromatic rings. The summed E-state index contributed by atoms with van der Waals surface area (Å²) in [6.07, 6.45) is 1.62. The highest BCUT2D eigenvalue weighted by atomic mass is 32.2. The Morgan fingerprint density at radius 2 is 2.19 bits per heavy atom. The number of hydrogen-bond donors (Lipinski definition) is 2. The molecule has 6 nitrogen and oxygen atoms in total. The lowest BCUT2D eigenvalue weighted by Crippen LogP contribution is -2.41. The van der Waals surface area contributed by atoms with E-state index in [-0.39, 0.29) is 12.6 Å². The Bertz CT molecular complexity index is 438. The van der Waals surface area contributed by atoms with Crippen LogP contribution in [0.15, 0.2) is 6.20 Å². The van der Waals surface area contributed by atoms with Gasteiger partial charge in [-0.15, -0.1) is 0 Å². The summed E-state index contributed by atoms with van der Waals surface area (Å²) in [6, 6.07) is -0.0667. The van der Waals surface area contributed by atoms with E-state index in [0.29, 0.717) is 0 Å². The summed E-state index contributed by atoms with van der Waals surface area (Å²) >= 11 is 0. The maximum Gasteiger partial charge on any atom is 0.279 e.